The van der Waals surface area contributed by atoms with Gasteiger partial charge >= 0.3 is 0 Å². The molecule has 0 aliphatic carbocycles. The normalized spacial score (nSPS) is 12.0. The van der Waals surface area contributed by atoms with Crippen LogP contribution in [-0.4, -0.2) is 39.2 Å². The maximum atomic E-state index is 13.1. The molecule has 0 bridgehead atoms. The molecule has 0 spiro atoms. The Morgan fingerprint density at radius 3 is 2.37 bits per heavy atom. The SMILES string of the molecule is COCCNC(=O)c1cc2cc(NS(=O)(=O)c3ccc(C(C)(C)C)cc3)ccc2n1Cc1cccc(C)c1. The largest absolute Gasteiger partial charge is 0.383 e. The Hall–Kier alpha value is -3.62. The first-order valence-corrected chi connectivity index (χ1v) is 14.1. The average molecular weight is 534 g/mol. The van der Waals surface area contributed by atoms with E-state index in [4.69, 9.17) is 4.74 Å². The third kappa shape index (κ3) is 6.26. The molecular weight excluding hydrogens is 498 g/mol. The first-order valence-electron chi connectivity index (χ1n) is 12.6. The van der Waals surface area contributed by atoms with Gasteiger partial charge in [0.1, 0.15) is 5.69 Å². The molecule has 0 fully saturated rings. The van der Waals surface area contributed by atoms with Crippen LogP contribution >= 0.6 is 0 Å². The molecule has 3 aromatic carbocycles. The van der Waals surface area contributed by atoms with Crippen LogP contribution < -0.4 is 10.0 Å². The molecule has 0 atom stereocenters. The van der Waals surface area contributed by atoms with E-state index in [1.165, 1.54) is 0 Å². The minimum atomic E-state index is -3.78. The molecule has 38 heavy (non-hydrogen) atoms. The van der Waals surface area contributed by atoms with Gasteiger partial charge in [-0.2, -0.15) is 0 Å². The number of amides is 1. The maximum absolute atomic E-state index is 13.1. The van der Waals surface area contributed by atoms with Crippen LogP contribution in [0.1, 0.15) is 48.0 Å². The number of aryl methyl sites for hydroxylation is 1. The quantitative estimate of drug-likeness (QED) is 0.279. The summed E-state index contributed by atoms with van der Waals surface area (Å²) in [5, 5.41) is 3.65. The lowest BCUT2D eigenvalue weighted by Crippen LogP contribution is -2.29. The van der Waals surface area contributed by atoms with Gasteiger partial charge < -0.3 is 14.6 Å². The van der Waals surface area contributed by atoms with E-state index in [2.05, 4.69) is 36.9 Å². The van der Waals surface area contributed by atoms with Crippen molar-refractivity contribution in [2.45, 2.75) is 44.6 Å². The molecule has 0 unspecified atom stereocenters. The predicted molar refractivity (Wildman–Crippen MR) is 152 cm³/mol. The van der Waals surface area contributed by atoms with Crippen LogP contribution in [0.25, 0.3) is 10.9 Å². The van der Waals surface area contributed by atoms with E-state index >= 15 is 0 Å². The lowest BCUT2D eigenvalue weighted by molar-refractivity contribution is 0.0928. The van der Waals surface area contributed by atoms with Gasteiger partial charge in [0.2, 0.25) is 0 Å². The zero-order valence-electron chi connectivity index (χ0n) is 22.5. The Morgan fingerprint density at radius 2 is 1.71 bits per heavy atom. The van der Waals surface area contributed by atoms with Crippen molar-refractivity contribution in [3.8, 4) is 0 Å². The van der Waals surface area contributed by atoms with Gasteiger partial charge in [-0.1, -0.05) is 62.7 Å². The number of hydrogen-bond acceptors (Lipinski definition) is 4. The van der Waals surface area contributed by atoms with Crippen LogP contribution in [0.2, 0.25) is 0 Å². The molecule has 1 amide bonds. The highest BCUT2D eigenvalue weighted by atomic mass is 32.2. The fraction of sp³-hybridized carbons (Fsp3) is 0.300. The molecule has 0 saturated heterocycles. The molecule has 2 N–H and O–H groups in total. The van der Waals surface area contributed by atoms with Crippen LogP contribution in [0, 0.1) is 6.92 Å². The van der Waals surface area contributed by atoms with E-state index < -0.39 is 10.0 Å². The maximum Gasteiger partial charge on any atom is 0.268 e. The van der Waals surface area contributed by atoms with Gasteiger partial charge in [-0.15, -0.1) is 0 Å². The summed E-state index contributed by atoms with van der Waals surface area (Å²) in [6.45, 7) is 9.59. The number of nitrogens with one attached hydrogen (secondary N) is 2. The molecule has 1 heterocycles. The smallest absolute Gasteiger partial charge is 0.268 e. The van der Waals surface area contributed by atoms with Crippen molar-refractivity contribution >= 4 is 32.5 Å². The molecule has 200 valence electrons. The Bertz CT molecular complexity index is 1550. The first-order chi connectivity index (χ1) is 18.0. The van der Waals surface area contributed by atoms with Gasteiger partial charge in [-0.3, -0.25) is 9.52 Å². The van der Waals surface area contributed by atoms with Gasteiger partial charge in [-0.25, -0.2) is 8.42 Å². The molecular formula is C30H35N3O4S. The molecule has 4 rings (SSSR count). The Balaban J connectivity index is 1.67. The van der Waals surface area contributed by atoms with Gasteiger partial charge in [0.15, 0.2) is 0 Å². The summed E-state index contributed by atoms with van der Waals surface area (Å²) in [4.78, 5) is 13.3. The molecule has 0 aliphatic heterocycles. The second-order valence-corrected chi connectivity index (χ2v) is 12.2. The Labute approximate surface area is 224 Å². The number of carbonyl (C=O) groups excluding carboxylic acids is 1. The Morgan fingerprint density at radius 1 is 0.974 bits per heavy atom. The molecule has 7 nitrogen and oxygen atoms in total. The fourth-order valence-corrected chi connectivity index (χ4v) is 5.44. The second kappa shape index (κ2) is 11.0. The van der Waals surface area contributed by atoms with Crippen LogP contribution in [-0.2, 0) is 26.7 Å². The van der Waals surface area contributed by atoms with E-state index in [1.54, 1.807) is 37.4 Å². The summed E-state index contributed by atoms with van der Waals surface area (Å²) in [7, 11) is -2.20. The van der Waals surface area contributed by atoms with Crippen molar-refractivity contribution in [3.05, 3.63) is 95.2 Å². The van der Waals surface area contributed by atoms with Gasteiger partial charge in [0.05, 0.1) is 11.5 Å². The Kier molecular flexibility index (Phi) is 7.94. The van der Waals surface area contributed by atoms with Crippen LogP contribution in [0.5, 0.6) is 0 Å². The topological polar surface area (TPSA) is 89.4 Å². The zero-order chi connectivity index (χ0) is 27.5. The molecule has 8 heteroatoms. The number of hydrogen-bond donors (Lipinski definition) is 2. The number of aromatic nitrogens is 1. The minimum Gasteiger partial charge on any atom is -0.383 e. The number of benzene rings is 3. The van der Waals surface area contributed by atoms with Crippen LogP contribution in [0.4, 0.5) is 5.69 Å². The summed E-state index contributed by atoms with van der Waals surface area (Å²) in [6, 6.07) is 22.2. The van der Waals surface area contributed by atoms with E-state index in [0.717, 1.165) is 27.6 Å². The van der Waals surface area contributed by atoms with Crippen molar-refractivity contribution in [2.75, 3.05) is 25.0 Å². The van der Waals surface area contributed by atoms with Crippen molar-refractivity contribution < 1.29 is 17.9 Å². The summed E-state index contributed by atoms with van der Waals surface area (Å²) in [6.07, 6.45) is 0. The van der Waals surface area contributed by atoms with Crippen molar-refractivity contribution in [1.82, 2.24) is 9.88 Å². The third-order valence-corrected chi connectivity index (χ3v) is 7.83. The number of nitrogens with zero attached hydrogens (tertiary/aromatic N) is 1. The van der Waals surface area contributed by atoms with Gasteiger partial charge in [0.25, 0.3) is 15.9 Å². The minimum absolute atomic E-state index is 0.0695. The molecule has 4 aromatic rings. The van der Waals surface area contributed by atoms with E-state index in [1.807, 2.05) is 47.9 Å². The third-order valence-electron chi connectivity index (χ3n) is 6.43. The first kappa shape index (κ1) is 27.4. The van der Waals surface area contributed by atoms with Crippen molar-refractivity contribution in [2.24, 2.45) is 0 Å². The second-order valence-electron chi connectivity index (χ2n) is 10.5. The standard InChI is InChI=1S/C30H35N3O4S/c1-21-7-6-8-22(17-21)20-33-27-14-11-25(18-23(27)19-28(33)29(34)31-15-16-37-5)32-38(35,36)26-12-9-24(10-13-26)30(2,3)4/h6-14,17-19,32H,15-16,20H2,1-5H3,(H,31,34). The summed E-state index contributed by atoms with van der Waals surface area (Å²) in [5.41, 5.74) is 4.95. The number of fused-ring (bicyclic) bond motifs is 1. The fourth-order valence-electron chi connectivity index (χ4n) is 4.39. The number of methoxy groups -OCH3 is 1. The monoisotopic (exact) mass is 533 g/mol. The summed E-state index contributed by atoms with van der Waals surface area (Å²) in [5.74, 6) is -0.216. The molecule has 0 aliphatic rings. The average Bonchev–Trinajstić information content (AvgIpc) is 3.21. The highest BCUT2D eigenvalue weighted by Gasteiger charge is 2.20. The summed E-state index contributed by atoms with van der Waals surface area (Å²) < 4.78 is 35.9. The van der Waals surface area contributed by atoms with Gasteiger partial charge in [0, 0.05) is 36.8 Å². The predicted octanol–water partition coefficient (Wildman–Crippen LogP) is 5.47. The molecule has 0 radical (unpaired) electrons. The van der Waals surface area contributed by atoms with E-state index in [9.17, 15) is 13.2 Å². The highest BCUT2D eigenvalue weighted by molar-refractivity contribution is 7.92. The number of ether oxygens (including phenoxy) is 1. The lowest BCUT2D eigenvalue weighted by Gasteiger charge is -2.19. The zero-order valence-corrected chi connectivity index (χ0v) is 23.4. The van der Waals surface area contributed by atoms with E-state index in [-0.39, 0.29) is 16.2 Å². The number of carbonyl (C=O) groups is 1. The number of anilines is 1. The lowest BCUT2D eigenvalue weighted by atomic mass is 9.87. The number of rotatable bonds is 9. The number of sulfonamides is 1. The summed E-state index contributed by atoms with van der Waals surface area (Å²) >= 11 is 0. The highest BCUT2D eigenvalue weighted by Crippen LogP contribution is 2.28. The van der Waals surface area contributed by atoms with Gasteiger partial charge in [-0.05, 0) is 59.9 Å². The van der Waals surface area contributed by atoms with Crippen LogP contribution in [0.15, 0.2) is 77.7 Å². The van der Waals surface area contributed by atoms with Crippen molar-refractivity contribution in [1.29, 1.82) is 0 Å². The molecule has 1 aromatic heterocycles. The van der Waals surface area contributed by atoms with Crippen molar-refractivity contribution in [3.63, 3.8) is 0 Å². The van der Waals surface area contributed by atoms with Crippen LogP contribution in [0.3, 0.4) is 0 Å². The van der Waals surface area contributed by atoms with E-state index in [0.29, 0.717) is 31.1 Å². The molecule has 0 saturated carbocycles.